The third kappa shape index (κ3) is 2.76. The van der Waals surface area contributed by atoms with Gasteiger partial charge in [-0.2, -0.15) is 16.7 Å². The highest BCUT2D eigenvalue weighted by atomic mass is 32.2. The van der Waals surface area contributed by atoms with E-state index in [1.54, 1.807) is 11.8 Å². The Bertz CT molecular complexity index is 470. The monoisotopic (exact) mass is 235 g/mol. The van der Waals surface area contributed by atoms with Gasteiger partial charge in [-0.1, -0.05) is 17.3 Å². The van der Waals surface area contributed by atoms with Crippen LogP contribution >= 0.6 is 11.8 Å². The number of thioether (sulfide) groups is 1. The van der Waals surface area contributed by atoms with Gasteiger partial charge >= 0.3 is 0 Å². The molecule has 2 aromatic rings. The molecule has 0 amide bonds. The first-order valence-electron chi connectivity index (χ1n) is 4.93. The van der Waals surface area contributed by atoms with E-state index in [2.05, 4.69) is 10.1 Å². The first kappa shape index (κ1) is 11.0. The smallest absolute Gasteiger partial charge is 0.231 e. The van der Waals surface area contributed by atoms with Gasteiger partial charge in [0.1, 0.15) is 0 Å². The minimum absolute atomic E-state index is 0.631. The molecule has 0 unspecified atom stereocenters. The van der Waals surface area contributed by atoms with Crippen molar-refractivity contribution in [2.45, 2.75) is 12.2 Å². The molecule has 2 N–H and O–H groups in total. The standard InChI is InChI=1S/C11H13N3OS/c1-16-7-10-13-11(15-14-10)6-8-3-2-4-9(12)5-8/h2-5H,6-7,12H2,1H3. The van der Waals surface area contributed by atoms with Crippen molar-refractivity contribution >= 4 is 17.4 Å². The molecule has 1 heterocycles. The van der Waals surface area contributed by atoms with Crippen molar-refractivity contribution in [1.82, 2.24) is 10.1 Å². The topological polar surface area (TPSA) is 64.9 Å². The second kappa shape index (κ2) is 5.03. The highest BCUT2D eigenvalue weighted by molar-refractivity contribution is 7.97. The van der Waals surface area contributed by atoms with E-state index in [4.69, 9.17) is 10.3 Å². The molecule has 2 rings (SSSR count). The van der Waals surface area contributed by atoms with Crippen LogP contribution in [0.1, 0.15) is 17.3 Å². The molecule has 0 atom stereocenters. The maximum absolute atomic E-state index is 5.70. The zero-order valence-corrected chi connectivity index (χ0v) is 9.83. The highest BCUT2D eigenvalue weighted by Gasteiger charge is 2.06. The van der Waals surface area contributed by atoms with Gasteiger partial charge in [0.05, 0.1) is 12.2 Å². The van der Waals surface area contributed by atoms with Crippen molar-refractivity contribution in [2.24, 2.45) is 0 Å². The lowest BCUT2D eigenvalue weighted by Crippen LogP contribution is -1.91. The third-order valence-corrected chi connectivity index (χ3v) is 2.64. The summed E-state index contributed by atoms with van der Waals surface area (Å²) in [5, 5.41) is 3.89. The predicted molar refractivity (Wildman–Crippen MR) is 65.2 cm³/mol. The van der Waals surface area contributed by atoms with E-state index < -0.39 is 0 Å². The molecule has 16 heavy (non-hydrogen) atoms. The van der Waals surface area contributed by atoms with Crippen LogP contribution in [0.15, 0.2) is 28.8 Å². The van der Waals surface area contributed by atoms with Crippen LogP contribution in [0.5, 0.6) is 0 Å². The summed E-state index contributed by atoms with van der Waals surface area (Å²) in [5.74, 6) is 2.15. The normalized spacial score (nSPS) is 10.6. The molecule has 1 aromatic heterocycles. The number of hydrogen-bond acceptors (Lipinski definition) is 5. The lowest BCUT2D eigenvalue weighted by Gasteiger charge is -1.97. The third-order valence-electron chi connectivity index (χ3n) is 2.09. The Labute approximate surface area is 98.2 Å². The van der Waals surface area contributed by atoms with Crippen LogP contribution in [0.2, 0.25) is 0 Å². The molecule has 5 heteroatoms. The molecule has 0 saturated heterocycles. The summed E-state index contributed by atoms with van der Waals surface area (Å²) < 4.78 is 5.15. The lowest BCUT2D eigenvalue weighted by molar-refractivity contribution is 0.381. The zero-order chi connectivity index (χ0) is 11.4. The maximum atomic E-state index is 5.70. The second-order valence-electron chi connectivity index (χ2n) is 3.46. The average Bonchev–Trinajstić information content (AvgIpc) is 2.66. The molecular formula is C11H13N3OS. The second-order valence-corrected chi connectivity index (χ2v) is 4.33. The SMILES string of the molecule is CSCc1noc(Cc2cccc(N)c2)n1. The van der Waals surface area contributed by atoms with E-state index in [0.717, 1.165) is 22.8 Å². The summed E-state index contributed by atoms with van der Waals surface area (Å²) in [6.45, 7) is 0. The van der Waals surface area contributed by atoms with Crippen LogP contribution in [0.25, 0.3) is 0 Å². The predicted octanol–water partition coefficient (Wildman–Crippen LogP) is 2.11. The summed E-state index contributed by atoms with van der Waals surface area (Å²) in [6.07, 6.45) is 2.64. The molecule has 1 aromatic carbocycles. The highest BCUT2D eigenvalue weighted by Crippen LogP contribution is 2.12. The zero-order valence-electron chi connectivity index (χ0n) is 9.01. The fourth-order valence-corrected chi connectivity index (χ4v) is 1.80. The van der Waals surface area contributed by atoms with Gasteiger partial charge in [-0.15, -0.1) is 0 Å². The molecule has 0 aliphatic rings. The van der Waals surface area contributed by atoms with Crippen molar-refractivity contribution in [2.75, 3.05) is 12.0 Å². The number of rotatable bonds is 4. The van der Waals surface area contributed by atoms with E-state index in [1.165, 1.54) is 0 Å². The molecule has 0 bridgehead atoms. The fraction of sp³-hybridized carbons (Fsp3) is 0.273. The van der Waals surface area contributed by atoms with Crippen molar-refractivity contribution in [3.63, 3.8) is 0 Å². The summed E-state index contributed by atoms with van der Waals surface area (Å²) >= 11 is 1.67. The molecule has 4 nitrogen and oxygen atoms in total. The molecule has 84 valence electrons. The Morgan fingerprint density at radius 1 is 1.44 bits per heavy atom. The molecular weight excluding hydrogens is 222 g/mol. The molecule has 0 fully saturated rings. The first-order chi connectivity index (χ1) is 7.78. The number of anilines is 1. The molecule has 0 aliphatic heterocycles. The van der Waals surface area contributed by atoms with E-state index in [0.29, 0.717) is 12.3 Å². The minimum Gasteiger partial charge on any atom is -0.399 e. The van der Waals surface area contributed by atoms with Crippen LogP contribution in [0, 0.1) is 0 Å². The molecule has 0 spiro atoms. The Hall–Kier alpha value is -1.49. The minimum atomic E-state index is 0.631. The quantitative estimate of drug-likeness (QED) is 0.822. The first-order valence-corrected chi connectivity index (χ1v) is 6.32. The van der Waals surface area contributed by atoms with Gasteiger partial charge in [0.2, 0.25) is 5.89 Å². The van der Waals surface area contributed by atoms with E-state index in [9.17, 15) is 0 Å². The number of aromatic nitrogens is 2. The van der Waals surface area contributed by atoms with E-state index in [-0.39, 0.29) is 0 Å². The van der Waals surface area contributed by atoms with Crippen LogP contribution < -0.4 is 5.73 Å². The van der Waals surface area contributed by atoms with Crippen molar-refractivity contribution < 1.29 is 4.52 Å². The average molecular weight is 235 g/mol. The maximum Gasteiger partial charge on any atom is 0.231 e. The Balaban J connectivity index is 2.08. The van der Waals surface area contributed by atoms with Crippen molar-refractivity contribution in [1.29, 1.82) is 0 Å². The van der Waals surface area contributed by atoms with Crippen LogP contribution in [-0.2, 0) is 12.2 Å². The van der Waals surface area contributed by atoms with E-state index >= 15 is 0 Å². The molecule has 0 aliphatic carbocycles. The van der Waals surface area contributed by atoms with Crippen molar-refractivity contribution in [3.8, 4) is 0 Å². The number of benzene rings is 1. The van der Waals surface area contributed by atoms with Gasteiger partial charge in [-0.3, -0.25) is 0 Å². The van der Waals surface area contributed by atoms with Gasteiger partial charge in [-0.25, -0.2) is 0 Å². The van der Waals surface area contributed by atoms with Gasteiger partial charge in [0, 0.05) is 5.69 Å². The molecule has 0 saturated carbocycles. The number of nitrogens with two attached hydrogens (primary N) is 1. The Morgan fingerprint density at radius 3 is 3.06 bits per heavy atom. The molecule has 0 radical (unpaired) electrons. The van der Waals surface area contributed by atoms with Gasteiger partial charge < -0.3 is 10.3 Å². The fourth-order valence-electron chi connectivity index (χ4n) is 1.43. The van der Waals surface area contributed by atoms with Crippen molar-refractivity contribution in [3.05, 3.63) is 41.5 Å². The summed E-state index contributed by atoms with van der Waals surface area (Å²) in [5.41, 5.74) is 7.53. The number of nitrogen functional groups attached to an aromatic ring is 1. The summed E-state index contributed by atoms with van der Waals surface area (Å²) in [7, 11) is 0. The summed E-state index contributed by atoms with van der Waals surface area (Å²) in [4.78, 5) is 4.29. The van der Waals surface area contributed by atoms with Crippen LogP contribution in [0.4, 0.5) is 5.69 Å². The van der Waals surface area contributed by atoms with Crippen LogP contribution in [0.3, 0.4) is 0 Å². The number of hydrogen-bond donors (Lipinski definition) is 1. The van der Waals surface area contributed by atoms with Gasteiger partial charge in [-0.05, 0) is 24.0 Å². The Kier molecular flexibility index (Phi) is 3.46. The Morgan fingerprint density at radius 2 is 2.31 bits per heavy atom. The number of nitrogens with zero attached hydrogens (tertiary/aromatic N) is 2. The van der Waals surface area contributed by atoms with Crippen LogP contribution in [-0.4, -0.2) is 16.4 Å². The van der Waals surface area contributed by atoms with Gasteiger partial charge in [0.25, 0.3) is 0 Å². The van der Waals surface area contributed by atoms with Gasteiger partial charge in [0.15, 0.2) is 5.82 Å². The summed E-state index contributed by atoms with van der Waals surface area (Å²) in [6, 6.07) is 7.69. The lowest BCUT2D eigenvalue weighted by atomic mass is 10.1. The van der Waals surface area contributed by atoms with E-state index in [1.807, 2.05) is 30.5 Å². The largest absolute Gasteiger partial charge is 0.399 e.